The number of amides is 2. The first kappa shape index (κ1) is 71.9. The predicted molar refractivity (Wildman–Crippen MR) is 437 cm³/mol. The predicted octanol–water partition coefficient (Wildman–Crippen LogP) is 28.5. The fourth-order valence-electron chi connectivity index (χ4n) is 12.9. The fourth-order valence-corrected chi connectivity index (χ4v) is 25.4. The van der Waals surface area contributed by atoms with Crippen LogP contribution in [0.1, 0.15) is 228 Å². The van der Waals surface area contributed by atoms with E-state index in [-0.39, 0.29) is 11.8 Å². The first-order valence-electron chi connectivity index (χ1n) is 35.2. The molecule has 0 bridgehead atoms. The fraction of sp³-hybridized carbons (Fsp3) is 0.462. The maximum absolute atomic E-state index is 13.4. The molecular formula is C78H92N2O2S12. The number of fused-ring (bicyclic) bond motifs is 2. The minimum absolute atomic E-state index is 0.0320. The summed E-state index contributed by atoms with van der Waals surface area (Å²) in [5.41, 5.74) is 5.79. The molecule has 0 atom stereocenters. The Kier molecular flexibility index (Phi) is 27.2. The van der Waals surface area contributed by atoms with Gasteiger partial charge in [-0.25, -0.2) is 0 Å². The monoisotopic (exact) mass is 1470 g/mol. The molecule has 498 valence electrons. The van der Waals surface area contributed by atoms with Crippen LogP contribution in [0.5, 0.6) is 0 Å². The van der Waals surface area contributed by atoms with Gasteiger partial charge in [0.2, 0.25) is 0 Å². The number of carbonyl (C=O) groups is 2. The van der Waals surface area contributed by atoms with Gasteiger partial charge in [-0.15, -0.1) is 90.7 Å². The van der Waals surface area contributed by atoms with Crippen molar-refractivity contribution in [3.05, 3.63) is 115 Å². The van der Waals surface area contributed by atoms with Crippen molar-refractivity contribution in [2.24, 2.45) is 0 Å². The third-order valence-electron chi connectivity index (χ3n) is 18.1. The Bertz CT molecular complexity index is 3790. The van der Waals surface area contributed by atoms with Gasteiger partial charge in [0.05, 0.1) is 9.81 Å². The van der Waals surface area contributed by atoms with Crippen LogP contribution in [0, 0.1) is 0 Å². The molecule has 4 nitrogen and oxygen atoms in total. The summed E-state index contributed by atoms with van der Waals surface area (Å²) in [5, 5.41) is 2.67. The summed E-state index contributed by atoms with van der Waals surface area (Å²) in [6.07, 6.45) is 39.2. The van der Waals surface area contributed by atoms with Crippen molar-refractivity contribution in [3.8, 4) is 58.5 Å². The van der Waals surface area contributed by atoms with Crippen LogP contribution < -0.4 is 0 Å². The SMILES string of the molecule is CCCCCCCCc1cc(/C=C2/SC(=S)N(CC)C2=O)sc1-c1ccc(-c2sc(-c3cc4cc5sc(-c6cc(CCCCCCCC)c(-c7ccc(-c8sc(/C=C9/SC(=S)N(CC)C9=O)cc8CCCCCCCC)s7)s6)cc5cc4s3)cc2CCCCCCCC)s1. The summed E-state index contributed by atoms with van der Waals surface area (Å²) in [4.78, 5) is 50.4. The van der Waals surface area contributed by atoms with Gasteiger partial charge in [0.25, 0.3) is 11.8 Å². The molecule has 0 spiro atoms. The maximum atomic E-state index is 13.4. The zero-order valence-electron chi connectivity index (χ0n) is 55.9. The summed E-state index contributed by atoms with van der Waals surface area (Å²) in [6.45, 7) is 14.4. The molecule has 0 radical (unpaired) electrons. The third kappa shape index (κ3) is 18.0. The van der Waals surface area contributed by atoms with Crippen LogP contribution in [-0.4, -0.2) is 43.3 Å². The Morgan fingerprint density at radius 3 is 0.947 bits per heavy atom. The van der Waals surface area contributed by atoms with Crippen LogP contribution in [0.2, 0.25) is 0 Å². The number of unbranched alkanes of at least 4 members (excludes halogenated alkanes) is 20. The normalized spacial score (nSPS) is 14.7. The van der Waals surface area contributed by atoms with Crippen LogP contribution >= 0.6 is 139 Å². The van der Waals surface area contributed by atoms with E-state index >= 15 is 0 Å². The molecule has 0 aliphatic carbocycles. The lowest BCUT2D eigenvalue weighted by Crippen LogP contribution is -2.27. The molecule has 0 N–H and O–H groups in total. The van der Waals surface area contributed by atoms with Gasteiger partial charge in [-0.2, -0.15) is 0 Å². The van der Waals surface area contributed by atoms with Crippen molar-refractivity contribution in [2.45, 2.75) is 221 Å². The molecule has 0 saturated carbocycles. The zero-order chi connectivity index (χ0) is 65.5. The molecule has 1 aromatic carbocycles. The van der Waals surface area contributed by atoms with E-state index in [2.05, 4.69) is 113 Å². The van der Waals surface area contributed by atoms with Gasteiger partial charge in [-0.05, 0) is 183 Å². The highest BCUT2D eigenvalue weighted by Gasteiger charge is 2.33. The van der Waals surface area contributed by atoms with Gasteiger partial charge in [0.15, 0.2) is 0 Å². The number of benzene rings is 1. The van der Waals surface area contributed by atoms with E-state index in [0.29, 0.717) is 21.7 Å². The summed E-state index contributed by atoms with van der Waals surface area (Å²) < 4.78 is 4.02. The standard InChI is InChI=1S/C78H92N2O2S12/c1-7-13-17-21-25-29-33-51-41-57(49-69-75(81)79(11-5)77(83)93-69)85-71(51)59-37-39-61(87-59)73-53(35-31-27-23-19-15-9-3)43-67(91-73)65-47-55-45-64-56(46-63(55)89-65)48-66(90-64)68-44-54(36-32-28-24-20-16-10-4)74(92-68)62-40-38-60(88-62)72-52(34-30-26-22-18-14-8-2)42-58(86-72)50-70-76(82)80(12-6)78(84)94-70/h37-50H,7-36H2,1-6H3/b69-49+,70-50+. The summed E-state index contributed by atoms with van der Waals surface area (Å²) in [5.74, 6) is 0.0640. The molecule has 2 amide bonds. The number of thioether (sulfide) groups is 2. The van der Waals surface area contributed by atoms with Crippen molar-refractivity contribution in [1.29, 1.82) is 0 Å². The van der Waals surface area contributed by atoms with Gasteiger partial charge in [-0.1, -0.05) is 204 Å². The largest absolute Gasteiger partial charge is 0.293 e. The van der Waals surface area contributed by atoms with E-state index in [9.17, 15) is 9.59 Å². The lowest BCUT2D eigenvalue weighted by Gasteiger charge is -2.09. The number of hydrogen-bond donors (Lipinski definition) is 0. The van der Waals surface area contributed by atoms with Crippen molar-refractivity contribution in [2.75, 3.05) is 13.1 Å². The van der Waals surface area contributed by atoms with E-state index in [1.54, 1.807) is 9.80 Å². The van der Waals surface area contributed by atoms with Gasteiger partial charge < -0.3 is 0 Å². The minimum Gasteiger partial charge on any atom is -0.293 e. The van der Waals surface area contributed by atoms with E-state index in [1.807, 2.05) is 105 Å². The van der Waals surface area contributed by atoms with Crippen molar-refractivity contribution in [1.82, 2.24) is 9.80 Å². The highest BCUT2D eigenvalue weighted by Crippen LogP contribution is 2.52. The number of rotatable bonds is 38. The van der Waals surface area contributed by atoms with E-state index in [4.69, 9.17) is 24.4 Å². The van der Waals surface area contributed by atoms with Crippen LogP contribution in [0.15, 0.2) is 82.6 Å². The quantitative estimate of drug-likeness (QED) is 0.0218. The van der Waals surface area contributed by atoms with Gasteiger partial charge in [0.1, 0.15) is 8.64 Å². The molecule has 2 saturated heterocycles. The average Bonchev–Trinajstić information content (AvgIpc) is 1.62. The Hall–Kier alpha value is -3.36. The molecule has 10 heterocycles. The van der Waals surface area contributed by atoms with E-state index in [1.165, 1.54) is 279 Å². The number of aryl methyl sites for hydroxylation is 4. The Balaban J connectivity index is 0.870. The van der Waals surface area contributed by atoms with Crippen molar-refractivity contribution >= 4 is 191 Å². The molecule has 2 aliphatic heterocycles. The zero-order valence-corrected chi connectivity index (χ0v) is 65.7. The molecule has 8 aromatic heterocycles. The van der Waals surface area contributed by atoms with Gasteiger partial charge >= 0.3 is 0 Å². The smallest absolute Gasteiger partial charge is 0.266 e. The van der Waals surface area contributed by atoms with E-state index < -0.39 is 0 Å². The first-order valence-corrected chi connectivity index (χ1v) is 44.2. The summed E-state index contributed by atoms with van der Waals surface area (Å²) in [6, 6.07) is 29.3. The summed E-state index contributed by atoms with van der Waals surface area (Å²) in [7, 11) is 0. The maximum Gasteiger partial charge on any atom is 0.266 e. The average molecular weight is 1470 g/mol. The molecule has 94 heavy (non-hydrogen) atoms. The number of thiophene rings is 8. The molecule has 0 unspecified atom stereocenters. The molecule has 11 rings (SSSR count). The second-order valence-corrected chi connectivity index (χ2v) is 37.3. The third-order valence-corrected chi connectivity index (χ3v) is 31.0. The molecule has 16 heteroatoms. The van der Waals surface area contributed by atoms with E-state index in [0.717, 1.165) is 45.2 Å². The molecule has 2 aliphatic rings. The number of hydrogen-bond acceptors (Lipinski definition) is 14. The number of likely N-dealkylation sites (N-methyl/N-ethyl adjacent to an activating group) is 2. The number of thiocarbonyl (C=S) groups is 2. The lowest BCUT2D eigenvalue weighted by atomic mass is 10.0. The highest BCUT2D eigenvalue weighted by molar-refractivity contribution is 8.27. The minimum atomic E-state index is 0.0320. The number of carbonyl (C=O) groups excluding carboxylic acids is 2. The topological polar surface area (TPSA) is 40.6 Å². The molecular weight excluding hydrogens is 1380 g/mol. The Labute approximate surface area is 612 Å². The Morgan fingerprint density at radius 2 is 0.628 bits per heavy atom. The second kappa shape index (κ2) is 35.6. The summed E-state index contributed by atoms with van der Waals surface area (Å²) >= 11 is 29.6. The first-order chi connectivity index (χ1) is 46.0. The molecule has 9 aromatic rings. The van der Waals surface area contributed by atoms with Crippen LogP contribution in [0.3, 0.4) is 0 Å². The van der Waals surface area contributed by atoms with Gasteiger partial charge in [0, 0.05) is 90.8 Å². The van der Waals surface area contributed by atoms with Crippen LogP contribution in [-0.2, 0) is 35.3 Å². The van der Waals surface area contributed by atoms with Gasteiger partial charge in [-0.3, -0.25) is 19.4 Å². The number of nitrogens with zero attached hydrogens (tertiary/aromatic N) is 2. The molecule has 2 fully saturated rings. The Morgan fingerprint density at radius 1 is 0.330 bits per heavy atom. The van der Waals surface area contributed by atoms with Crippen LogP contribution in [0.25, 0.3) is 90.9 Å². The lowest BCUT2D eigenvalue weighted by molar-refractivity contribution is -0.122. The van der Waals surface area contributed by atoms with Crippen LogP contribution in [0.4, 0.5) is 0 Å². The highest BCUT2D eigenvalue weighted by atomic mass is 32.2. The second-order valence-electron chi connectivity index (χ2n) is 25.3. The van der Waals surface area contributed by atoms with Crippen molar-refractivity contribution < 1.29 is 9.59 Å². The van der Waals surface area contributed by atoms with Crippen molar-refractivity contribution in [3.63, 3.8) is 0 Å².